The minimum absolute atomic E-state index is 0.0711. The summed E-state index contributed by atoms with van der Waals surface area (Å²) in [5.74, 6) is -0.929. The second-order valence-corrected chi connectivity index (χ2v) is 7.49. The number of aliphatic hydroxyl groups excluding tert-OH is 1. The van der Waals surface area contributed by atoms with Crippen LogP contribution in [0.15, 0.2) is 30.3 Å². The third-order valence-electron chi connectivity index (χ3n) is 5.64. The molecule has 1 aliphatic carbocycles. The van der Waals surface area contributed by atoms with Crippen LogP contribution in [-0.2, 0) is 6.61 Å². The molecule has 0 bridgehead atoms. The van der Waals surface area contributed by atoms with E-state index < -0.39 is 12.4 Å². The molecule has 1 fully saturated rings. The van der Waals surface area contributed by atoms with Gasteiger partial charge in [-0.15, -0.1) is 0 Å². The van der Waals surface area contributed by atoms with Crippen LogP contribution in [0.5, 0.6) is 11.5 Å². The average molecular weight is 396 g/mol. The lowest BCUT2D eigenvalue weighted by molar-refractivity contribution is 0.0970. The zero-order valence-corrected chi connectivity index (χ0v) is 16.4. The zero-order chi connectivity index (χ0) is 20.5. The van der Waals surface area contributed by atoms with Crippen LogP contribution >= 0.6 is 0 Å². The number of carbonyl (C=O) groups excluding carboxylic acids is 2. The van der Waals surface area contributed by atoms with Crippen molar-refractivity contribution in [3.05, 3.63) is 58.1 Å². The molecule has 7 nitrogen and oxygen atoms in total. The summed E-state index contributed by atoms with van der Waals surface area (Å²) in [6.45, 7) is 4.45. The number of ketones is 2. The van der Waals surface area contributed by atoms with Crippen molar-refractivity contribution >= 4 is 11.6 Å². The van der Waals surface area contributed by atoms with Gasteiger partial charge in [0.1, 0.15) is 18.1 Å². The Balaban J connectivity index is 1.64. The standard InChI is InChI=1S/C22H24N2O5/c1-23-6-8-24(9-7-23)10-11-29-17-12-14(13-25)20(26)19-18(17)21(27)15-4-2-3-5-16(15)22(19)28/h2-5,12,25-26H,6-11,13H2,1H3. The van der Waals surface area contributed by atoms with Gasteiger partial charge >= 0.3 is 0 Å². The van der Waals surface area contributed by atoms with E-state index in [2.05, 4.69) is 16.8 Å². The molecule has 0 aromatic heterocycles. The quantitative estimate of drug-likeness (QED) is 0.672. The summed E-state index contributed by atoms with van der Waals surface area (Å²) in [4.78, 5) is 30.6. The predicted molar refractivity (Wildman–Crippen MR) is 107 cm³/mol. The van der Waals surface area contributed by atoms with Crippen molar-refractivity contribution in [3.63, 3.8) is 0 Å². The molecule has 0 spiro atoms. The SMILES string of the molecule is CN1CCN(CCOc2cc(CO)c(O)c3c2C(=O)c2ccccc2C3=O)CC1. The number of carbonyl (C=O) groups is 2. The lowest BCUT2D eigenvalue weighted by Crippen LogP contribution is -2.45. The van der Waals surface area contributed by atoms with Crippen molar-refractivity contribution < 1.29 is 24.5 Å². The van der Waals surface area contributed by atoms with Gasteiger partial charge in [0.05, 0.1) is 17.7 Å². The van der Waals surface area contributed by atoms with Crippen LogP contribution in [0.25, 0.3) is 0 Å². The maximum absolute atomic E-state index is 13.1. The second-order valence-electron chi connectivity index (χ2n) is 7.49. The average Bonchev–Trinajstić information content (AvgIpc) is 2.74. The van der Waals surface area contributed by atoms with Crippen molar-refractivity contribution in [1.82, 2.24) is 9.80 Å². The molecule has 1 heterocycles. The zero-order valence-electron chi connectivity index (χ0n) is 16.4. The first-order valence-electron chi connectivity index (χ1n) is 9.73. The van der Waals surface area contributed by atoms with Crippen LogP contribution < -0.4 is 4.74 Å². The summed E-state index contributed by atoms with van der Waals surface area (Å²) in [7, 11) is 2.09. The van der Waals surface area contributed by atoms with E-state index >= 15 is 0 Å². The highest BCUT2D eigenvalue weighted by Gasteiger charge is 2.36. The van der Waals surface area contributed by atoms with Crippen LogP contribution in [0, 0.1) is 0 Å². The van der Waals surface area contributed by atoms with Crippen LogP contribution in [-0.4, -0.2) is 78.0 Å². The number of phenols is 1. The predicted octanol–water partition coefficient (Wildman–Crippen LogP) is 1.29. The molecule has 2 aliphatic rings. The first-order valence-corrected chi connectivity index (χ1v) is 9.73. The molecule has 0 radical (unpaired) electrons. The van der Waals surface area contributed by atoms with Gasteiger partial charge in [-0.05, 0) is 13.1 Å². The number of fused-ring (bicyclic) bond motifs is 2. The molecule has 0 saturated carbocycles. The molecule has 7 heteroatoms. The summed E-state index contributed by atoms with van der Waals surface area (Å²) < 4.78 is 5.91. The molecule has 29 heavy (non-hydrogen) atoms. The number of hydrogen-bond donors (Lipinski definition) is 2. The Kier molecular flexibility index (Phi) is 5.36. The van der Waals surface area contributed by atoms with Crippen molar-refractivity contribution in [2.24, 2.45) is 0 Å². The molecular weight excluding hydrogens is 372 g/mol. The summed E-state index contributed by atoms with van der Waals surface area (Å²) in [6.07, 6.45) is 0. The number of benzene rings is 2. The second kappa shape index (κ2) is 7.94. The summed E-state index contributed by atoms with van der Waals surface area (Å²) in [5, 5.41) is 20.1. The highest BCUT2D eigenvalue weighted by Crippen LogP contribution is 2.40. The lowest BCUT2D eigenvalue weighted by Gasteiger charge is -2.32. The third-order valence-corrected chi connectivity index (χ3v) is 5.64. The van der Waals surface area contributed by atoms with Gasteiger partial charge < -0.3 is 19.8 Å². The Morgan fingerprint density at radius 3 is 2.24 bits per heavy atom. The number of aliphatic hydroxyl groups is 1. The molecule has 2 N–H and O–H groups in total. The molecule has 0 atom stereocenters. The van der Waals surface area contributed by atoms with E-state index in [1.165, 1.54) is 6.07 Å². The Bertz CT molecular complexity index is 964. The van der Waals surface area contributed by atoms with E-state index in [0.29, 0.717) is 18.7 Å². The molecule has 1 aliphatic heterocycles. The Morgan fingerprint density at radius 1 is 1.00 bits per heavy atom. The smallest absolute Gasteiger partial charge is 0.198 e. The monoisotopic (exact) mass is 396 g/mol. The van der Waals surface area contributed by atoms with Gasteiger partial charge in [-0.3, -0.25) is 14.5 Å². The van der Waals surface area contributed by atoms with Crippen molar-refractivity contribution in [1.29, 1.82) is 0 Å². The van der Waals surface area contributed by atoms with Crippen LogP contribution in [0.4, 0.5) is 0 Å². The van der Waals surface area contributed by atoms with E-state index in [1.807, 2.05) is 0 Å². The first kappa shape index (κ1) is 19.6. The highest BCUT2D eigenvalue weighted by molar-refractivity contribution is 6.30. The van der Waals surface area contributed by atoms with Crippen LogP contribution in [0.1, 0.15) is 37.4 Å². The molecular formula is C22H24N2O5. The van der Waals surface area contributed by atoms with Gasteiger partial charge in [0.2, 0.25) is 0 Å². The third kappa shape index (κ3) is 3.53. The van der Waals surface area contributed by atoms with Gasteiger partial charge in [0.25, 0.3) is 0 Å². The number of nitrogens with zero attached hydrogens (tertiary/aromatic N) is 2. The van der Waals surface area contributed by atoms with E-state index in [-0.39, 0.29) is 39.5 Å². The molecule has 2 aromatic carbocycles. The maximum Gasteiger partial charge on any atom is 0.198 e. The number of piperazine rings is 1. The fourth-order valence-electron chi connectivity index (χ4n) is 3.89. The summed E-state index contributed by atoms with van der Waals surface area (Å²) in [6, 6.07) is 8.00. The van der Waals surface area contributed by atoms with E-state index in [1.54, 1.807) is 24.3 Å². The minimum Gasteiger partial charge on any atom is -0.507 e. The number of aromatic hydroxyl groups is 1. The lowest BCUT2D eigenvalue weighted by atomic mass is 9.82. The Labute approximate surface area is 169 Å². The van der Waals surface area contributed by atoms with Gasteiger partial charge in [-0.25, -0.2) is 0 Å². The molecule has 4 rings (SSSR count). The van der Waals surface area contributed by atoms with Gasteiger partial charge in [-0.2, -0.15) is 0 Å². The van der Waals surface area contributed by atoms with E-state index in [0.717, 1.165) is 26.2 Å². The molecule has 2 aromatic rings. The molecule has 0 unspecified atom stereocenters. The van der Waals surface area contributed by atoms with Gasteiger partial charge in [-0.1, -0.05) is 24.3 Å². The number of ether oxygens (including phenoxy) is 1. The molecule has 152 valence electrons. The van der Waals surface area contributed by atoms with Crippen molar-refractivity contribution in [3.8, 4) is 11.5 Å². The number of likely N-dealkylation sites (N-methyl/N-ethyl adjacent to an activating group) is 1. The van der Waals surface area contributed by atoms with Crippen molar-refractivity contribution in [2.45, 2.75) is 6.61 Å². The van der Waals surface area contributed by atoms with E-state index in [9.17, 15) is 19.8 Å². The van der Waals surface area contributed by atoms with E-state index in [4.69, 9.17) is 4.74 Å². The van der Waals surface area contributed by atoms with Crippen molar-refractivity contribution in [2.75, 3.05) is 46.4 Å². The normalized spacial score (nSPS) is 17.2. The summed E-state index contributed by atoms with van der Waals surface area (Å²) >= 11 is 0. The van der Waals surface area contributed by atoms with Crippen LogP contribution in [0.2, 0.25) is 0 Å². The fourth-order valence-corrected chi connectivity index (χ4v) is 3.89. The Morgan fingerprint density at radius 2 is 1.62 bits per heavy atom. The van der Waals surface area contributed by atoms with Gasteiger partial charge in [0.15, 0.2) is 11.6 Å². The van der Waals surface area contributed by atoms with Gasteiger partial charge in [0, 0.05) is 49.4 Å². The summed E-state index contributed by atoms with van der Waals surface area (Å²) in [5.41, 5.74) is 0.694. The fraction of sp³-hybridized carbons (Fsp3) is 0.364. The van der Waals surface area contributed by atoms with Crippen LogP contribution in [0.3, 0.4) is 0 Å². The first-order chi connectivity index (χ1) is 14.0. The topological polar surface area (TPSA) is 90.3 Å². The maximum atomic E-state index is 13.1. The number of hydrogen-bond acceptors (Lipinski definition) is 7. The molecule has 1 saturated heterocycles. The highest BCUT2D eigenvalue weighted by atomic mass is 16.5. The molecule has 0 amide bonds. The number of rotatable bonds is 5. The Hall–Kier alpha value is -2.74. The largest absolute Gasteiger partial charge is 0.507 e. The minimum atomic E-state index is -0.461.